The van der Waals surface area contributed by atoms with E-state index >= 15 is 0 Å². The fraction of sp³-hybridized carbons (Fsp3) is 0.500. The van der Waals surface area contributed by atoms with Crippen LogP contribution in [-0.4, -0.2) is 13.1 Å². The van der Waals surface area contributed by atoms with E-state index in [4.69, 9.17) is 5.73 Å². The zero-order chi connectivity index (χ0) is 11.7. The van der Waals surface area contributed by atoms with Gasteiger partial charge in [0.25, 0.3) is 0 Å². The first-order valence-electron chi connectivity index (χ1n) is 5.54. The van der Waals surface area contributed by atoms with Gasteiger partial charge in [-0.1, -0.05) is 6.92 Å². The highest BCUT2D eigenvalue weighted by Crippen LogP contribution is 2.29. The molecule has 0 aromatic heterocycles. The van der Waals surface area contributed by atoms with Gasteiger partial charge in [-0.05, 0) is 30.0 Å². The smallest absolute Gasteiger partial charge is 0.149 e. The van der Waals surface area contributed by atoms with Crippen molar-refractivity contribution < 1.29 is 8.78 Å². The molecule has 16 heavy (non-hydrogen) atoms. The predicted molar refractivity (Wildman–Crippen MR) is 60.2 cm³/mol. The summed E-state index contributed by atoms with van der Waals surface area (Å²) >= 11 is 0. The maximum atomic E-state index is 13.7. The van der Waals surface area contributed by atoms with Crippen LogP contribution >= 0.6 is 0 Å². The summed E-state index contributed by atoms with van der Waals surface area (Å²) < 4.78 is 27.5. The molecule has 2 nitrogen and oxygen atoms in total. The Bertz CT molecular complexity index is 370. The summed E-state index contributed by atoms with van der Waals surface area (Å²) in [6, 6.07) is 2.64. The van der Waals surface area contributed by atoms with Crippen LogP contribution in [0.1, 0.15) is 18.9 Å². The highest BCUT2D eigenvalue weighted by Gasteiger charge is 2.24. The molecule has 1 aromatic carbocycles. The molecule has 0 amide bonds. The molecule has 88 valence electrons. The van der Waals surface area contributed by atoms with Crippen LogP contribution in [-0.2, 0) is 6.54 Å². The van der Waals surface area contributed by atoms with Crippen molar-refractivity contribution in [2.75, 3.05) is 18.0 Å². The standard InChI is InChI=1S/C12H16F2N2/c1-8-2-3-16(7-8)12-10(13)4-9(6-15)5-11(12)14/h4-5,8H,2-3,6-7,15H2,1H3. The van der Waals surface area contributed by atoms with Crippen molar-refractivity contribution >= 4 is 5.69 Å². The lowest BCUT2D eigenvalue weighted by atomic mass is 10.1. The molecule has 1 unspecified atom stereocenters. The average Bonchev–Trinajstić information content (AvgIpc) is 2.63. The summed E-state index contributed by atoms with van der Waals surface area (Å²) in [5.74, 6) is -0.517. The van der Waals surface area contributed by atoms with Gasteiger partial charge in [-0.25, -0.2) is 8.78 Å². The van der Waals surface area contributed by atoms with E-state index < -0.39 is 11.6 Å². The molecule has 2 rings (SSSR count). The van der Waals surface area contributed by atoms with E-state index in [2.05, 4.69) is 6.92 Å². The zero-order valence-electron chi connectivity index (χ0n) is 9.34. The summed E-state index contributed by atoms with van der Waals surface area (Å²) in [6.07, 6.45) is 0.984. The number of anilines is 1. The predicted octanol–water partition coefficient (Wildman–Crippen LogP) is 2.27. The molecule has 1 fully saturated rings. The summed E-state index contributed by atoms with van der Waals surface area (Å²) in [7, 11) is 0. The third-order valence-electron chi connectivity index (χ3n) is 3.05. The van der Waals surface area contributed by atoms with Gasteiger partial charge in [0.15, 0.2) is 0 Å². The van der Waals surface area contributed by atoms with Gasteiger partial charge in [-0.2, -0.15) is 0 Å². The largest absolute Gasteiger partial charge is 0.367 e. The second-order valence-electron chi connectivity index (χ2n) is 4.45. The first-order valence-corrected chi connectivity index (χ1v) is 5.54. The third kappa shape index (κ3) is 2.02. The number of halogens is 2. The normalized spacial score (nSPS) is 20.5. The Balaban J connectivity index is 2.34. The Kier molecular flexibility index (Phi) is 3.10. The lowest BCUT2D eigenvalue weighted by Crippen LogP contribution is -2.22. The number of hydrogen-bond acceptors (Lipinski definition) is 2. The highest BCUT2D eigenvalue weighted by atomic mass is 19.1. The number of rotatable bonds is 2. The molecule has 1 aliphatic rings. The number of benzene rings is 1. The Morgan fingerprint density at radius 2 is 2.00 bits per heavy atom. The van der Waals surface area contributed by atoms with Crippen LogP contribution in [0.5, 0.6) is 0 Å². The first kappa shape index (κ1) is 11.3. The SMILES string of the molecule is CC1CCN(c2c(F)cc(CN)cc2F)C1. The van der Waals surface area contributed by atoms with Gasteiger partial charge >= 0.3 is 0 Å². The molecule has 0 bridgehead atoms. The van der Waals surface area contributed by atoms with Crippen molar-refractivity contribution in [3.63, 3.8) is 0 Å². The maximum absolute atomic E-state index is 13.7. The molecule has 0 spiro atoms. The minimum atomic E-state index is -0.505. The van der Waals surface area contributed by atoms with E-state index in [9.17, 15) is 8.78 Å². The molecular weight excluding hydrogens is 210 g/mol. The minimum Gasteiger partial charge on any atom is -0.367 e. The number of hydrogen-bond donors (Lipinski definition) is 1. The summed E-state index contributed by atoms with van der Waals surface area (Å²) in [4.78, 5) is 1.77. The number of nitrogens with two attached hydrogens (primary N) is 1. The van der Waals surface area contributed by atoms with Gasteiger partial charge in [0.2, 0.25) is 0 Å². The Labute approximate surface area is 94.0 Å². The maximum Gasteiger partial charge on any atom is 0.149 e. The van der Waals surface area contributed by atoms with Crippen molar-refractivity contribution in [3.8, 4) is 0 Å². The Morgan fingerprint density at radius 3 is 2.44 bits per heavy atom. The summed E-state index contributed by atoms with van der Waals surface area (Å²) in [5, 5.41) is 0. The van der Waals surface area contributed by atoms with Crippen molar-refractivity contribution in [1.29, 1.82) is 0 Å². The molecule has 0 aliphatic carbocycles. The van der Waals surface area contributed by atoms with Crippen LogP contribution in [0.2, 0.25) is 0 Å². The molecule has 1 atom stereocenters. The van der Waals surface area contributed by atoms with E-state index in [1.165, 1.54) is 12.1 Å². The van der Waals surface area contributed by atoms with Crippen molar-refractivity contribution in [2.45, 2.75) is 19.9 Å². The first-order chi connectivity index (χ1) is 7.61. The van der Waals surface area contributed by atoms with Crippen LogP contribution in [0.3, 0.4) is 0 Å². The van der Waals surface area contributed by atoms with Crippen LogP contribution in [0.15, 0.2) is 12.1 Å². The van der Waals surface area contributed by atoms with Crippen molar-refractivity contribution in [3.05, 3.63) is 29.3 Å². The molecule has 2 N–H and O–H groups in total. The minimum absolute atomic E-state index is 0.0987. The van der Waals surface area contributed by atoms with E-state index in [1.54, 1.807) is 4.90 Å². The summed E-state index contributed by atoms with van der Waals surface area (Å²) in [5.41, 5.74) is 5.96. The van der Waals surface area contributed by atoms with Gasteiger partial charge in [0.05, 0.1) is 0 Å². The van der Waals surface area contributed by atoms with E-state index in [0.29, 0.717) is 11.5 Å². The summed E-state index contributed by atoms with van der Waals surface area (Å²) in [6.45, 7) is 3.68. The third-order valence-corrected chi connectivity index (χ3v) is 3.05. The van der Waals surface area contributed by atoms with Gasteiger partial charge in [-0.3, -0.25) is 0 Å². The molecule has 4 heteroatoms. The molecular formula is C12H16F2N2. The van der Waals surface area contributed by atoms with Crippen LogP contribution < -0.4 is 10.6 Å². The monoisotopic (exact) mass is 226 g/mol. The molecule has 0 saturated carbocycles. The quantitative estimate of drug-likeness (QED) is 0.838. The van der Waals surface area contributed by atoms with E-state index in [0.717, 1.165) is 19.5 Å². The van der Waals surface area contributed by atoms with Crippen LogP contribution in [0, 0.1) is 17.6 Å². The van der Waals surface area contributed by atoms with Crippen LogP contribution in [0.4, 0.5) is 14.5 Å². The fourth-order valence-electron chi connectivity index (χ4n) is 2.18. The van der Waals surface area contributed by atoms with E-state index in [1.807, 2.05) is 0 Å². The topological polar surface area (TPSA) is 29.3 Å². The van der Waals surface area contributed by atoms with Crippen molar-refractivity contribution in [2.24, 2.45) is 11.7 Å². The van der Waals surface area contributed by atoms with E-state index in [-0.39, 0.29) is 12.2 Å². The van der Waals surface area contributed by atoms with Gasteiger partial charge in [-0.15, -0.1) is 0 Å². The average molecular weight is 226 g/mol. The molecule has 1 saturated heterocycles. The Morgan fingerprint density at radius 1 is 1.38 bits per heavy atom. The lowest BCUT2D eigenvalue weighted by Gasteiger charge is -2.20. The van der Waals surface area contributed by atoms with Gasteiger partial charge in [0.1, 0.15) is 17.3 Å². The molecule has 0 radical (unpaired) electrons. The fourth-order valence-corrected chi connectivity index (χ4v) is 2.18. The lowest BCUT2D eigenvalue weighted by molar-refractivity contribution is 0.572. The van der Waals surface area contributed by atoms with Gasteiger partial charge < -0.3 is 10.6 Å². The van der Waals surface area contributed by atoms with Crippen molar-refractivity contribution in [1.82, 2.24) is 0 Å². The van der Waals surface area contributed by atoms with Gasteiger partial charge in [0, 0.05) is 19.6 Å². The zero-order valence-corrected chi connectivity index (χ0v) is 9.34. The second-order valence-corrected chi connectivity index (χ2v) is 4.45. The molecule has 1 aliphatic heterocycles. The Hall–Kier alpha value is -1.16. The van der Waals surface area contributed by atoms with Crippen LogP contribution in [0.25, 0.3) is 0 Å². The number of nitrogens with zero attached hydrogens (tertiary/aromatic N) is 1. The molecule has 1 heterocycles. The second kappa shape index (κ2) is 4.37. The molecule has 1 aromatic rings. The highest BCUT2D eigenvalue weighted by molar-refractivity contribution is 5.51.